The first-order chi connectivity index (χ1) is 8.29. The summed E-state index contributed by atoms with van der Waals surface area (Å²) in [6, 6.07) is 0. The summed E-state index contributed by atoms with van der Waals surface area (Å²) in [4.78, 5) is 2.56. The molecule has 0 saturated carbocycles. The summed E-state index contributed by atoms with van der Waals surface area (Å²) in [5, 5.41) is 0. The van der Waals surface area contributed by atoms with Gasteiger partial charge in [-0.3, -0.25) is 0 Å². The van der Waals surface area contributed by atoms with Gasteiger partial charge in [-0.25, -0.2) is 0 Å². The predicted molar refractivity (Wildman–Crippen MR) is 71.4 cm³/mol. The lowest BCUT2D eigenvalue weighted by molar-refractivity contribution is 0.0491. The van der Waals surface area contributed by atoms with E-state index in [2.05, 4.69) is 18.7 Å². The summed E-state index contributed by atoms with van der Waals surface area (Å²) in [5.41, 5.74) is 0. The highest BCUT2D eigenvalue weighted by molar-refractivity contribution is 4.63. The van der Waals surface area contributed by atoms with Crippen molar-refractivity contribution in [1.82, 2.24) is 4.90 Å². The first-order valence-electron chi connectivity index (χ1n) is 7.21. The van der Waals surface area contributed by atoms with Gasteiger partial charge in [0.05, 0.1) is 6.10 Å². The van der Waals surface area contributed by atoms with Crippen LogP contribution in [-0.4, -0.2) is 50.5 Å². The second kappa shape index (κ2) is 9.86. The van der Waals surface area contributed by atoms with E-state index >= 15 is 0 Å². The molecule has 0 unspecified atom stereocenters. The van der Waals surface area contributed by atoms with Gasteiger partial charge in [0.1, 0.15) is 0 Å². The van der Waals surface area contributed by atoms with E-state index in [-0.39, 0.29) is 0 Å². The molecule has 0 amide bonds. The zero-order valence-corrected chi connectivity index (χ0v) is 11.6. The van der Waals surface area contributed by atoms with Gasteiger partial charge in [0.15, 0.2) is 0 Å². The second-order valence-corrected chi connectivity index (χ2v) is 5.14. The first kappa shape index (κ1) is 14.9. The van der Waals surface area contributed by atoms with E-state index < -0.39 is 0 Å². The largest absolute Gasteiger partial charge is 0.381 e. The van der Waals surface area contributed by atoms with Crippen LogP contribution in [0.15, 0.2) is 0 Å². The third-order valence-corrected chi connectivity index (χ3v) is 3.10. The molecule has 0 N–H and O–H groups in total. The number of nitrogens with zero attached hydrogens (tertiary/aromatic N) is 1. The summed E-state index contributed by atoms with van der Waals surface area (Å²) in [5.74, 6) is 0. The van der Waals surface area contributed by atoms with Crippen molar-refractivity contribution in [2.75, 3.05) is 39.5 Å². The van der Waals surface area contributed by atoms with Crippen LogP contribution in [0.4, 0.5) is 0 Å². The molecule has 1 aliphatic rings. The standard InChI is InChI=1S/C14H29NO2/c1-14(2)17-13-7-12-16-11-6-10-15-8-4-3-5-9-15/h14H,3-13H2,1-2H3. The van der Waals surface area contributed by atoms with Gasteiger partial charge in [-0.15, -0.1) is 0 Å². The van der Waals surface area contributed by atoms with Crippen LogP contribution >= 0.6 is 0 Å². The molecule has 1 fully saturated rings. The van der Waals surface area contributed by atoms with Crippen molar-refractivity contribution in [1.29, 1.82) is 0 Å². The predicted octanol–water partition coefficient (Wildman–Crippen LogP) is 2.69. The van der Waals surface area contributed by atoms with Crippen molar-refractivity contribution in [2.24, 2.45) is 0 Å². The molecular weight excluding hydrogens is 214 g/mol. The topological polar surface area (TPSA) is 21.7 Å². The molecule has 0 aromatic rings. The molecule has 0 bridgehead atoms. The molecule has 17 heavy (non-hydrogen) atoms. The molecule has 1 heterocycles. The Balaban J connectivity index is 1.78. The van der Waals surface area contributed by atoms with E-state index in [9.17, 15) is 0 Å². The van der Waals surface area contributed by atoms with Gasteiger partial charge in [-0.1, -0.05) is 6.42 Å². The fraction of sp³-hybridized carbons (Fsp3) is 1.00. The third kappa shape index (κ3) is 8.58. The summed E-state index contributed by atoms with van der Waals surface area (Å²) in [7, 11) is 0. The number of ether oxygens (including phenoxy) is 2. The Kier molecular flexibility index (Phi) is 8.67. The van der Waals surface area contributed by atoms with Gasteiger partial charge in [-0.05, 0) is 52.6 Å². The van der Waals surface area contributed by atoms with Crippen molar-refractivity contribution in [3.63, 3.8) is 0 Å². The van der Waals surface area contributed by atoms with Gasteiger partial charge in [-0.2, -0.15) is 0 Å². The van der Waals surface area contributed by atoms with Crippen LogP contribution in [0.3, 0.4) is 0 Å². The van der Waals surface area contributed by atoms with Gasteiger partial charge < -0.3 is 14.4 Å². The van der Waals surface area contributed by atoms with Gasteiger partial charge in [0.25, 0.3) is 0 Å². The maximum absolute atomic E-state index is 5.60. The molecule has 102 valence electrons. The Bertz CT molecular complexity index is 168. The lowest BCUT2D eigenvalue weighted by atomic mass is 10.1. The Labute approximate surface area is 106 Å². The average molecular weight is 243 g/mol. The van der Waals surface area contributed by atoms with Crippen molar-refractivity contribution in [3.8, 4) is 0 Å². The van der Waals surface area contributed by atoms with Crippen molar-refractivity contribution in [2.45, 2.75) is 52.1 Å². The normalized spacial score (nSPS) is 17.8. The highest BCUT2D eigenvalue weighted by atomic mass is 16.5. The monoisotopic (exact) mass is 243 g/mol. The minimum Gasteiger partial charge on any atom is -0.381 e. The molecule has 0 atom stereocenters. The Morgan fingerprint density at radius 3 is 2.35 bits per heavy atom. The van der Waals surface area contributed by atoms with Gasteiger partial charge >= 0.3 is 0 Å². The van der Waals surface area contributed by atoms with Crippen LogP contribution in [0.25, 0.3) is 0 Å². The molecule has 0 aromatic carbocycles. The zero-order chi connectivity index (χ0) is 12.3. The van der Waals surface area contributed by atoms with E-state index in [4.69, 9.17) is 9.47 Å². The lowest BCUT2D eigenvalue weighted by Crippen LogP contribution is -2.31. The zero-order valence-electron chi connectivity index (χ0n) is 11.6. The van der Waals surface area contributed by atoms with Crippen molar-refractivity contribution < 1.29 is 9.47 Å². The number of rotatable bonds is 9. The molecule has 1 aliphatic heterocycles. The van der Waals surface area contributed by atoms with E-state index in [0.29, 0.717) is 6.10 Å². The molecular formula is C14H29NO2. The average Bonchev–Trinajstić information content (AvgIpc) is 2.33. The fourth-order valence-electron chi connectivity index (χ4n) is 2.16. The molecule has 3 heteroatoms. The fourth-order valence-corrected chi connectivity index (χ4v) is 2.16. The molecule has 0 radical (unpaired) electrons. The summed E-state index contributed by atoms with van der Waals surface area (Å²) >= 11 is 0. The number of piperidine rings is 1. The van der Waals surface area contributed by atoms with Crippen LogP contribution in [0.1, 0.15) is 46.0 Å². The lowest BCUT2D eigenvalue weighted by Gasteiger charge is -2.26. The Morgan fingerprint density at radius 1 is 0.941 bits per heavy atom. The summed E-state index contributed by atoms with van der Waals surface area (Å²) < 4.78 is 11.1. The molecule has 3 nitrogen and oxygen atoms in total. The number of hydrogen-bond donors (Lipinski definition) is 0. The number of hydrogen-bond acceptors (Lipinski definition) is 3. The van der Waals surface area contributed by atoms with E-state index in [1.54, 1.807) is 0 Å². The Morgan fingerprint density at radius 2 is 1.65 bits per heavy atom. The second-order valence-electron chi connectivity index (χ2n) is 5.14. The van der Waals surface area contributed by atoms with Gasteiger partial charge in [0.2, 0.25) is 0 Å². The van der Waals surface area contributed by atoms with E-state index in [1.165, 1.54) is 45.3 Å². The highest BCUT2D eigenvalue weighted by Crippen LogP contribution is 2.08. The van der Waals surface area contributed by atoms with Crippen LogP contribution < -0.4 is 0 Å². The quantitative estimate of drug-likeness (QED) is 0.581. The van der Waals surface area contributed by atoms with Crippen molar-refractivity contribution in [3.05, 3.63) is 0 Å². The van der Waals surface area contributed by atoms with Crippen LogP contribution in [0.2, 0.25) is 0 Å². The Hall–Kier alpha value is -0.120. The minimum atomic E-state index is 0.342. The van der Waals surface area contributed by atoms with Crippen LogP contribution in [-0.2, 0) is 9.47 Å². The first-order valence-corrected chi connectivity index (χ1v) is 7.21. The maximum atomic E-state index is 5.60. The molecule has 0 aliphatic carbocycles. The summed E-state index contributed by atoms with van der Waals surface area (Å²) in [6.07, 6.45) is 6.71. The third-order valence-electron chi connectivity index (χ3n) is 3.10. The molecule has 1 rings (SSSR count). The molecule has 0 spiro atoms. The highest BCUT2D eigenvalue weighted by Gasteiger charge is 2.08. The van der Waals surface area contributed by atoms with Crippen LogP contribution in [0.5, 0.6) is 0 Å². The van der Waals surface area contributed by atoms with E-state index in [0.717, 1.165) is 26.2 Å². The molecule has 1 saturated heterocycles. The SMILES string of the molecule is CC(C)OCCCOCCCN1CCCCC1. The smallest absolute Gasteiger partial charge is 0.0518 e. The van der Waals surface area contributed by atoms with Gasteiger partial charge in [0, 0.05) is 26.4 Å². The molecule has 0 aromatic heterocycles. The minimum absolute atomic E-state index is 0.342. The maximum Gasteiger partial charge on any atom is 0.0518 e. The number of likely N-dealkylation sites (tertiary alicyclic amines) is 1. The van der Waals surface area contributed by atoms with Crippen molar-refractivity contribution >= 4 is 0 Å². The summed E-state index contributed by atoms with van der Waals surface area (Å²) in [6.45, 7) is 10.5. The van der Waals surface area contributed by atoms with Crippen LogP contribution in [0, 0.1) is 0 Å². The van der Waals surface area contributed by atoms with E-state index in [1.807, 2.05) is 0 Å².